The number of carboxylic acids is 1. The van der Waals surface area contributed by atoms with E-state index in [-0.39, 0.29) is 12.6 Å². The number of aromatic nitrogens is 2. The van der Waals surface area contributed by atoms with Gasteiger partial charge < -0.3 is 20.1 Å². The van der Waals surface area contributed by atoms with Crippen molar-refractivity contribution in [2.45, 2.75) is 32.8 Å². The van der Waals surface area contributed by atoms with Crippen LogP contribution in [0.15, 0.2) is 40.9 Å². The van der Waals surface area contributed by atoms with E-state index in [9.17, 15) is 4.79 Å². The Bertz CT molecular complexity index is 1090. The Kier molecular flexibility index (Phi) is 5.90. The Balaban J connectivity index is 1.53. The first-order chi connectivity index (χ1) is 14.9. The molecule has 0 atom stereocenters. The predicted molar refractivity (Wildman–Crippen MR) is 117 cm³/mol. The van der Waals surface area contributed by atoms with Crippen LogP contribution >= 0.6 is 0 Å². The lowest BCUT2D eigenvalue weighted by atomic mass is 10.00. The zero-order valence-corrected chi connectivity index (χ0v) is 17.7. The average Bonchev–Trinajstić information content (AvgIpc) is 3.13. The maximum Gasteiger partial charge on any atom is 0.317 e. The minimum Gasteiger partial charge on any atom is -0.489 e. The van der Waals surface area contributed by atoms with Crippen LogP contribution in [0.2, 0.25) is 0 Å². The second kappa shape index (κ2) is 8.77. The summed E-state index contributed by atoms with van der Waals surface area (Å²) in [6, 6.07) is 11.5. The van der Waals surface area contributed by atoms with Crippen LogP contribution in [-0.4, -0.2) is 51.9 Å². The summed E-state index contributed by atoms with van der Waals surface area (Å²) < 4.78 is 11.2. The van der Waals surface area contributed by atoms with Crippen LogP contribution in [0.25, 0.3) is 22.8 Å². The number of hydrogen-bond donors (Lipinski definition) is 2. The van der Waals surface area contributed by atoms with Gasteiger partial charge in [-0.15, -0.1) is 0 Å². The Morgan fingerprint density at radius 3 is 2.61 bits per heavy atom. The Morgan fingerprint density at radius 2 is 1.90 bits per heavy atom. The second-order valence-corrected chi connectivity index (χ2v) is 8.00. The van der Waals surface area contributed by atoms with Crippen LogP contribution in [0.3, 0.4) is 0 Å². The first-order valence-electron chi connectivity index (χ1n) is 10.4. The van der Waals surface area contributed by atoms with Gasteiger partial charge in [0.2, 0.25) is 5.82 Å². The summed E-state index contributed by atoms with van der Waals surface area (Å²) in [7, 11) is 0. The molecule has 31 heavy (non-hydrogen) atoms. The van der Waals surface area contributed by atoms with Crippen molar-refractivity contribution in [3.05, 3.63) is 47.5 Å². The number of nitrogen functional groups attached to an aromatic ring is 1. The molecule has 1 aliphatic heterocycles. The highest BCUT2D eigenvalue weighted by Gasteiger charge is 2.18. The molecule has 0 saturated heterocycles. The van der Waals surface area contributed by atoms with Gasteiger partial charge in [-0.05, 0) is 62.1 Å². The van der Waals surface area contributed by atoms with Gasteiger partial charge in [0, 0.05) is 24.2 Å². The lowest BCUT2D eigenvalue weighted by Crippen LogP contribution is -2.31. The van der Waals surface area contributed by atoms with Crippen LogP contribution in [0, 0.1) is 0 Å². The Morgan fingerprint density at radius 1 is 1.16 bits per heavy atom. The van der Waals surface area contributed by atoms with Crippen molar-refractivity contribution in [3.63, 3.8) is 0 Å². The smallest absolute Gasteiger partial charge is 0.317 e. The molecular weight excluding hydrogens is 396 g/mol. The molecule has 0 unspecified atom stereocenters. The Hall–Kier alpha value is -3.39. The predicted octanol–water partition coefficient (Wildman–Crippen LogP) is 3.26. The van der Waals surface area contributed by atoms with Crippen molar-refractivity contribution < 1.29 is 19.2 Å². The molecule has 1 aliphatic rings. The van der Waals surface area contributed by atoms with E-state index in [1.807, 2.05) is 30.9 Å². The number of nitrogens with two attached hydrogens (primary N) is 1. The molecule has 8 heteroatoms. The lowest BCUT2D eigenvalue weighted by Gasteiger charge is -2.16. The fraction of sp³-hybridized carbons (Fsp3) is 0.348. The van der Waals surface area contributed by atoms with E-state index >= 15 is 0 Å². The number of carboxylic acid groups (broad SMARTS) is 1. The SMILES string of the molecule is CC(C)Oc1ccc(-c2nc(-c3ccc4c(c3)CCN(CC(=O)O)CC4)no2)cc1N. The topological polar surface area (TPSA) is 115 Å². The van der Waals surface area contributed by atoms with E-state index < -0.39 is 5.97 Å². The summed E-state index contributed by atoms with van der Waals surface area (Å²) in [5.74, 6) is 0.725. The molecule has 0 radical (unpaired) electrons. The van der Waals surface area contributed by atoms with Crippen molar-refractivity contribution >= 4 is 11.7 Å². The summed E-state index contributed by atoms with van der Waals surface area (Å²) in [6.45, 7) is 5.41. The van der Waals surface area contributed by atoms with Gasteiger partial charge in [0.1, 0.15) is 5.75 Å². The molecule has 0 spiro atoms. The molecule has 3 aromatic rings. The van der Waals surface area contributed by atoms with Gasteiger partial charge in [-0.25, -0.2) is 0 Å². The molecule has 3 N–H and O–H groups in total. The molecule has 2 heterocycles. The van der Waals surface area contributed by atoms with E-state index in [0.717, 1.165) is 30.5 Å². The molecule has 2 aromatic carbocycles. The third-order valence-electron chi connectivity index (χ3n) is 5.26. The van der Waals surface area contributed by atoms with Gasteiger partial charge in [0.25, 0.3) is 5.89 Å². The van der Waals surface area contributed by atoms with E-state index in [4.69, 9.17) is 20.1 Å². The van der Waals surface area contributed by atoms with Crippen LogP contribution in [0.5, 0.6) is 5.75 Å². The highest BCUT2D eigenvalue weighted by molar-refractivity contribution is 5.69. The zero-order chi connectivity index (χ0) is 22.0. The third kappa shape index (κ3) is 4.86. The molecule has 8 nitrogen and oxygen atoms in total. The molecule has 0 fully saturated rings. The van der Waals surface area contributed by atoms with E-state index in [0.29, 0.717) is 29.7 Å². The number of anilines is 1. The van der Waals surface area contributed by atoms with Crippen molar-refractivity contribution in [1.82, 2.24) is 15.0 Å². The largest absolute Gasteiger partial charge is 0.489 e. The number of ether oxygens (including phenoxy) is 1. The van der Waals surface area contributed by atoms with Crippen LogP contribution in [-0.2, 0) is 17.6 Å². The average molecular weight is 422 g/mol. The monoisotopic (exact) mass is 422 g/mol. The first-order valence-corrected chi connectivity index (χ1v) is 10.4. The summed E-state index contributed by atoms with van der Waals surface area (Å²) in [6.07, 6.45) is 1.65. The van der Waals surface area contributed by atoms with Crippen LogP contribution in [0.4, 0.5) is 5.69 Å². The van der Waals surface area contributed by atoms with Gasteiger partial charge >= 0.3 is 5.97 Å². The van der Waals surface area contributed by atoms with E-state index in [1.165, 1.54) is 11.1 Å². The number of aliphatic carboxylic acids is 1. The third-order valence-corrected chi connectivity index (χ3v) is 5.26. The van der Waals surface area contributed by atoms with Crippen molar-refractivity contribution in [1.29, 1.82) is 0 Å². The summed E-state index contributed by atoms with van der Waals surface area (Å²) in [4.78, 5) is 17.5. The number of fused-ring (bicyclic) bond motifs is 1. The number of hydrogen-bond acceptors (Lipinski definition) is 7. The first kappa shape index (κ1) is 20.9. The molecule has 0 saturated carbocycles. The van der Waals surface area contributed by atoms with Crippen molar-refractivity contribution in [2.24, 2.45) is 0 Å². The fourth-order valence-electron chi connectivity index (χ4n) is 3.76. The summed E-state index contributed by atoms with van der Waals surface area (Å²) in [5, 5.41) is 13.2. The number of nitrogens with zero attached hydrogens (tertiary/aromatic N) is 3. The minimum atomic E-state index is -0.796. The maximum absolute atomic E-state index is 11.0. The molecule has 1 aromatic heterocycles. The maximum atomic E-state index is 11.0. The van der Waals surface area contributed by atoms with Gasteiger partial charge in [0.15, 0.2) is 0 Å². The van der Waals surface area contributed by atoms with Gasteiger partial charge in [-0.3, -0.25) is 9.69 Å². The molecule has 0 amide bonds. The van der Waals surface area contributed by atoms with E-state index in [2.05, 4.69) is 22.3 Å². The molecule has 0 aliphatic carbocycles. The Labute approximate surface area is 180 Å². The summed E-state index contributed by atoms with van der Waals surface area (Å²) in [5.41, 5.74) is 10.6. The van der Waals surface area contributed by atoms with Gasteiger partial charge in [0.05, 0.1) is 18.3 Å². The highest BCUT2D eigenvalue weighted by Crippen LogP contribution is 2.30. The lowest BCUT2D eigenvalue weighted by molar-refractivity contribution is -0.138. The quantitative estimate of drug-likeness (QED) is 0.582. The number of carbonyl (C=O) groups is 1. The second-order valence-electron chi connectivity index (χ2n) is 8.00. The fourth-order valence-corrected chi connectivity index (χ4v) is 3.76. The zero-order valence-electron chi connectivity index (χ0n) is 17.7. The number of rotatable bonds is 6. The molecule has 0 bridgehead atoms. The van der Waals surface area contributed by atoms with Crippen molar-refractivity contribution in [3.8, 4) is 28.6 Å². The standard InChI is InChI=1S/C23H26N4O4/c1-14(2)30-20-6-5-18(12-19(20)24)23-25-22(26-31-23)17-4-3-15-7-9-27(13-21(28)29)10-8-16(15)11-17/h3-6,11-12,14H,7-10,13,24H2,1-2H3,(H,28,29). The minimum absolute atomic E-state index is 0.0348. The highest BCUT2D eigenvalue weighted by atomic mass is 16.5. The van der Waals surface area contributed by atoms with Crippen molar-refractivity contribution in [2.75, 3.05) is 25.4 Å². The van der Waals surface area contributed by atoms with Gasteiger partial charge in [-0.2, -0.15) is 4.98 Å². The van der Waals surface area contributed by atoms with Crippen LogP contribution < -0.4 is 10.5 Å². The number of benzene rings is 2. The molecule has 4 rings (SSSR count). The van der Waals surface area contributed by atoms with Gasteiger partial charge in [-0.1, -0.05) is 17.3 Å². The summed E-state index contributed by atoms with van der Waals surface area (Å²) >= 11 is 0. The molecular formula is C23H26N4O4. The van der Waals surface area contributed by atoms with E-state index in [1.54, 1.807) is 12.1 Å². The normalized spacial score (nSPS) is 14.3. The van der Waals surface area contributed by atoms with Crippen LogP contribution in [0.1, 0.15) is 25.0 Å². The molecule has 162 valence electrons.